The number of nitro benzene ring substituents is 1. The van der Waals surface area contributed by atoms with Gasteiger partial charge in [0.25, 0.3) is 5.69 Å². The molecule has 3 atom stereocenters. The molecule has 2 aromatic carbocycles. The molecule has 0 aromatic heterocycles. The third-order valence-corrected chi connectivity index (χ3v) is 5.62. The monoisotopic (exact) mass is 350 g/mol. The molecule has 1 heterocycles. The first-order valence-corrected chi connectivity index (χ1v) is 9.01. The van der Waals surface area contributed by atoms with Gasteiger partial charge in [0.2, 0.25) is 0 Å². The van der Waals surface area contributed by atoms with E-state index in [1.165, 1.54) is 11.1 Å². The quantitative estimate of drug-likeness (QED) is 0.479. The van der Waals surface area contributed by atoms with Gasteiger partial charge in [-0.1, -0.05) is 43.3 Å². The number of allylic oxidation sites excluding steroid dienone is 2. The second-order valence-corrected chi connectivity index (χ2v) is 6.90. The molecule has 5 nitrogen and oxygen atoms in total. The predicted octanol–water partition coefficient (Wildman–Crippen LogP) is 4.99. The zero-order valence-corrected chi connectivity index (χ0v) is 14.9. The highest BCUT2D eigenvalue weighted by Crippen LogP contribution is 2.54. The van der Waals surface area contributed by atoms with Gasteiger partial charge in [-0.2, -0.15) is 0 Å². The number of rotatable bonds is 4. The third-order valence-electron chi connectivity index (χ3n) is 5.62. The van der Waals surface area contributed by atoms with Crippen LogP contribution >= 0.6 is 0 Å². The Balaban J connectivity index is 1.84. The highest BCUT2D eigenvalue weighted by molar-refractivity contribution is 5.73. The molecule has 0 amide bonds. The van der Waals surface area contributed by atoms with Gasteiger partial charge >= 0.3 is 0 Å². The molecular weight excluding hydrogens is 328 g/mol. The van der Waals surface area contributed by atoms with E-state index in [0.717, 1.165) is 24.1 Å². The van der Waals surface area contributed by atoms with Crippen LogP contribution in [-0.4, -0.2) is 12.0 Å². The molecule has 0 radical (unpaired) electrons. The van der Waals surface area contributed by atoms with Gasteiger partial charge < -0.3 is 10.1 Å². The normalized spacial score (nSPS) is 23.1. The third kappa shape index (κ3) is 2.55. The van der Waals surface area contributed by atoms with Crippen molar-refractivity contribution in [3.05, 3.63) is 75.4 Å². The largest absolute Gasteiger partial charge is 0.495 e. The molecule has 0 saturated carbocycles. The van der Waals surface area contributed by atoms with Gasteiger partial charge in [-0.15, -0.1) is 0 Å². The molecule has 0 saturated heterocycles. The van der Waals surface area contributed by atoms with Crippen molar-refractivity contribution in [1.29, 1.82) is 0 Å². The van der Waals surface area contributed by atoms with Crippen molar-refractivity contribution in [2.45, 2.75) is 31.7 Å². The van der Waals surface area contributed by atoms with Gasteiger partial charge in [0.1, 0.15) is 5.75 Å². The molecule has 2 aliphatic rings. The number of nitrogens with one attached hydrogen (secondary N) is 1. The molecule has 1 N–H and O–H groups in total. The molecular formula is C21H22N2O3. The van der Waals surface area contributed by atoms with E-state index in [1.54, 1.807) is 19.2 Å². The number of fused-ring (bicyclic) bond motifs is 3. The van der Waals surface area contributed by atoms with E-state index in [0.29, 0.717) is 5.75 Å². The smallest absolute Gasteiger partial charge is 0.275 e. The first-order valence-electron chi connectivity index (χ1n) is 9.01. The van der Waals surface area contributed by atoms with Crippen LogP contribution in [0.1, 0.15) is 42.0 Å². The Kier molecular flexibility index (Phi) is 4.15. The lowest BCUT2D eigenvalue weighted by molar-refractivity contribution is -0.385. The summed E-state index contributed by atoms with van der Waals surface area (Å²) in [5.41, 5.74) is 4.17. The number of benzene rings is 2. The lowest BCUT2D eigenvalue weighted by atomic mass is 9.76. The van der Waals surface area contributed by atoms with Gasteiger partial charge in [0.05, 0.1) is 29.3 Å². The number of aryl methyl sites for hydroxylation is 1. The highest BCUT2D eigenvalue weighted by atomic mass is 16.6. The summed E-state index contributed by atoms with van der Waals surface area (Å²) >= 11 is 0. The standard InChI is InChI=1S/C21H22N2O3/c1-3-13-7-9-14(10-8-13)20-16-6-4-5-15(16)19-17(23(24)25)11-12-18(26-2)21(19)22-20/h4-5,7-12,15-16,20,22H,3,6H2,1-2H3/t15-,16+,20-/m0/s1. The first-order chi connectivity index (χ1) is 12.6. The summed E-state index contributed by atoms with van der Waals surface area (Å²) in [6.45, 7) is 2.14. The minimum absolute atomic E-state index is 0.0256. The summed E-state index contributed by atoms with van der Waals surface area (Å²) in [6, 6.07) is 12.0. The molecule has 4 rings (SSSR count). The van der Waals surface area contributed by atoms with Gasteiger partial charge in [0, 0.05) is 12.0 Å². The van der Waals surface area contributed by atoms with Crippen LogP contribution < -0.4 is 10.1 Å². The van der Waals surface area contributed by atoms with Crippen LogP contribution in [0.2, 0.25) is 0 Å². The van der Waals surface area contributed by atoms with Gasteiger partial charge in [-0.05, 0) is 36.0 Å². The van der Waals surface area contributed by atoms with Crippen LogP contribution in [0, 0.1) is 16.0 Å². The summed E-state index contributed by atoms with van der Waals surface area (Å²) in [4.78, 5) is 11.3. The van der Waals surface area contributed by atoms with Crippen LogP contribution in [-0.2, 0) is 6.42 Å². The number of hydrogen-bond acceptors (Lipinski definition) is 4. The molecule has 1 aliphatic heterocycles. The molecule has 0 unspecified atom stereocenters. The van der Waals surface area contributed by atoms with Crippen molar-refractivity contribution >= 4 is 11.4 Å². The predicted molar refractivity (Wildman–Crippen MR) is 102 cm³/mol. The van der Waals surface area contributed by atoms with Crippen molar-refractivity contribution in [3.8, 4) is 5.75 Å². The molecule has 0 bridgehead atoms. The van der Waals surface area contributed by atoms with Crippen LogP contribution in [0.5, 0.6) is 5.75 Å². The van der Waals surface area contributed by atoms with E-state index in [9.17, 15) is 10.1 Å². The van der Waals surface area contributed by atoms with Crippen LogP contribution in [0.25, 0.3) is 0 Å². The summed E-state index contributed by atoms with van der Waals surface area (Å²) in [6.07, 6.45) is 6.17. The Labute approximate surface area is 152 Å². The Bertz CT molecular complexity index is 874. The lowest BCUT2D eigenvalue weighted by Gasteiger charge is -2.37. The number of ether oxygens (including phenoxy) is 1. The van der Waals surface area contributed by atoms with E-state index in [1.807, 2.05) is 0 Å². The first kappa shape index (κ1) is 16.6. The van der Waals surface area contributed by atoms with E-state index in [-0.39, 0.29) is 28.5 Å². The van der Waals surface area contributed by atoms with Gasteiger partial charge in [-0.3, -0.25) is 10.1 Å². The number of hydrogen-bond donors (Lipinski definition) is 1. The average molecular weight is 350 g/mol. The number of nitrogens with zero attached hydrogens (tertiary/aromatic N) is 1. The van der Waals surface area contributed by atoms with Crippen molar-refractivity contribution in [3.63, 3.8) is 0 Å². The van der Waals surface area contributed by atoms with Crippen LogP contribution in [0.15, 0.2) is 48.6 Å². The Morgan fingerprint density at radius 1 is 1.23 bits per heavy atom. The summed E-state index contributed by atoms with van der Waals surface area (Å²) < 4.78 is 5.51. The fourth-order valence-corrected chi connectivity index (χ4v) is 4.28. The van der Waals surface area contributed by atoms with E-state index in [2.05, 4.69) is 48.7 Å². The maximum Gasteiger partial charge on any atom is 0.275 e. The molecule has 1 aliphatic carbocycles. The van der Waals surface area contributed by atoms with Gasteiger partial charge in [0.15, 0.2) is 0 Å². The van der Waals surface area contributed by atoms with Crippen molar-refractivity contribution < 1.29 is 9.66 Å². The Morgan fingerprint density at radius 3 is 2.65 bits per heavy atom. The molecule has 26 heavy (non-hydrogen) atoms. The van der Waals surface area contributed by atoms with E-state index >= 15 is 0 Å². The average Bonchev–Trinajstić information content (AvgIpc) is 3.16. The SMILES string of the molecule is CCc1ccc([C@@H]2Nc3c(OC)ccc([N+](=O)[O-])c3[C@H]3C=CC[C@H]32)cc1. The number of nitro groups is 1. The second-order valence-electron chi connectivity index (χ2n) is 6.90. The van der Waals surface area contributed by atoms with Crippen molar-refractivity contribution in [2.24, 2.45) is 5.92 Å². The summed E-state index contributed by atoms with van der Waals surface area (Å²) in [5.74, 6) is 0.943. The summed E-state index contributed by atoms with van der Waals surface area (Å²) in [7, 11) is 1.60. The highest BCUT2D eigenvalue weighted by Gasteiger charge is 2.42. The minimum atomic E-state index is -0.292. The fourth-order valence-electron chi connectivity index (χ4n) is 4.28. The van der Waals surface area contributed by atoms with Gasteiger partial charge in [-0.25, -0.2) is 0 Å². The number of methoxy groups -OCH3 is 1. The van der Waals surface area contributed by atoms with E-state index in [4.69, 9.17) is 4.74 Å². The maximum atomic E-state index is 11.6. The second kappa shape index (κ2) is 6.48. The molecule has 5 heteroatoms. The lowest BCUT2D eigenvalue weighted by Crippen LogP contribution is -2.30. The minimum Gasteiger partial charge on any atom is -0.495 e. The molecule has 0 spiro atoms. The van der Waals surface area contributed by atoms with Crippen LogP contribution in [0.3, 0.4) is 0 Å². The fraction of sp³-hybridized carbons (Fsp3) is 0.333. The van der Waals surface area contributed by atoms with E-state index < -0.39 is 0 Å². The van der Waals surface area contributed by atoms with Crippen molar-refractivity contribution in [2.75, 3.05) is 12.4 Å². The maximum absolute atomic E-state index is 11.6. The molecule has 2 aromatic rings. The molecule has 0 fully saturated rings. The zero-order valence-electron chi connectivity index (χ0n) is 14.9. The van der Waals surface area contributed by atoms with Crippen LogP contribution in [0.4, 0.5) is 11.4 Å². The number of anilines is 1. The topological polar surface area (TPSA) is 64.4 Å². The molecule has 134 valence electrons. The zero-order chi connectivity index (χ0) is 18.3. The Morgan fingerprint density at radius 2 is 2.00 bits per heavy atom. The Hall–Kier alpha value is -2.82. The summed E-state index contributed by atoms with van der Waals surface area (Å²) in [5, 5.41) is 15.2. The van der Waals surface area contributed by atoms with Crippen molar-refractivity contribution in [1.82, 2.24) is 0 Å².